The Labute approximate surface area is 428 Å². The van der Waals surface area contributed by atoms with Crippen molar-refractivity contribution in [2.24, 2.45) is 0 Å². The van der Waals surface area contributed by atoms with Crippen LogP contribution in [0.2, 0.25) is 0 Å². The molecule has 69 heavy (non-hydrogen) atoms. The summed E-state index contributed by atoms with van der Waals surface area (Å²) in [6, 6.07) is 0. The van der Waals surface area contributed by atoms with Crippen LogP contribution in [0.3, 0.4) is 0 Å². The first-order valence-corrected chi connectivity index (χ1v) is 30.1. The van der Waals surface area contributed by atoms with Crippen LogP contribution >= 0.6 is 0 Å². The van der Waals surface area contributed by atoms with E-state index in [0.29, 0.717) is 19.3 Å². The Hall–Kier alpha value is -2.63. The largest absolute Gasteiger partial charge is 0.462 e. The minimum absolute atomic E-state index is 0.0759. The lowest BCUT2D eigenvalue weighted by molar-refractivity contribution is -0.167. The second-order valence-corrected chi connectivity index (χ2v) is 20.3. The van der Waals surface area contributed by atoms with E-state index in [1.54, 1.807) is 0 Å². The second kappa shape index (κ2) is 57.9. The Morgan fingerprint density at radius 2 is 0.522 bits per heavy atom. The zero-order valence-corrected chi connectivity index (χ0v) is 46.1. The van der Waals surface area contributed by atoms with Crippen LogP contribution in [-0.2, 0) is 28.6 Å². The van der Waals surface area contributed by atoms with Crippen LogP contribution in [0.1, 0.15) is 316 Å². The Bertz CT molecular complexity index is 1200. The van der Waals surface area contributed by atoms with Crippen molar-refractivity contribution >= 4 is 17.9 Å². The minimum atomic E-state index is -0.776. The average Bonchev–Trinajstić information content (AvgIpc) is 3.35. The maximum absolute atomic E-state index is 12.8. The second-order valence-electron chi connectivity index (χ2n) is 20.3. The fourth-order valence-corrected chi connectivity index (χ4v) is 8.74. The fourth-order valence-electron chi connectivity index (χ4n) is 8.74. The molecule has 1 atom stereocenters. The number of carbonyl (C=O) groups is 3. The number of ether oxygens (including phenoxy) is 3. The van der Waals surface area contributed by atoms with E-state index in [1.807, 2.05) is 0 Å². The topological polar surface area (TPSA) is 78.9 Å². The quantitative estimate of drug-likeness (QED) is 0.0262. The van der Waals surface area contributed by atoms with E-state index in [-0.39, 0.29) is 31.1 Å². The summed E-state index contributed by atoms with van der Waals surface area (Å²) in [5.74, 6) is -0.880. The van der Waals surface area contributed by atoms with Gasteiger partial charge in [0.2, 0.25) is 0 Å². The number of hydrogen-bond donors (Lipinski definition) is 0. The summed E-state index contributed by atoms with van der Waals surface area (Å²) >= 11 is 0. The maximum atomic E-state index is 12.8. The molecule has 0 amide bonds. The van der Waals surface area contributed by atoms with Crippen LogP contribution in [0.5, 0.6) is 0 Å². The molecule has 0 aromatic heterocycles. The van der Waals surface area contributed by atoms with Crippen molar-refractivity contribution in [1.82, 2.24) is 0 Å². The molecule has 0 aliphatic carbocycles. The van der Waals surface area contributed by atoms with Crippen molar-refractivity contribution in [2.75, 3.05) is 13.2 Å². The number of unbranched alkanes of at least 4 members (excludes halogenated alkanes) is 36. The number of hydrogen-bond acceptors (Lipinski definition) is 6. The normalized spacial score (nSPS) is 12.3. The lowest BCUT2D eigenvalue weighted by Crippen LogP contribution is -2.30. The maximum Gasteiger partial charge on any atom is 0.306 e. The van der Waals surface area contributed by atoms with Crippen LogP contribution in [0, 0.1) is 0 Å². The molecule has 0 saturated carbocycles. The highest BCUT2D eigenvalue weighted by Gasteiger charge is 2.19. The monoisotopic (exact) mass is 967 g/mol. The Balaban J connectivity index is 4.13. The third-order valence-corrected chi connectivity index (χ3v) is 13.3. The number of allylic oxidation sites excluding steroid dienone is 8. The van der Waals surface area contributed by atoms with Gasteiger partial charge in [-0.25, -0.2) is 0 Å². The van der Waals surface area contributed by atoms with Crippen molar-refractivity contribution in [3.63, 3.8) is 0 Å². The van der Waals surface area contributed by atoms with Crippen LogP contribution in [0.4, 0.5) is 0 Å². The molecule has 0 rings (SSSR count). The third kappa shape index (κ3) is 56.2. The molecule has 0 aliphatic heterocycles. The zero-order chi connectivity index (χ0) is 50.0. The summed E-state index contributed by atoms with van der Waals surface area (Å²) in [5.41, 5.74) is 0. The number of esters is 3. The third-order valence-electron chi connectivity index (χ3n) is 13.3. The SMILES string of the molecule is CCCCCC/C=C\C/C=C\CCCCCCCC(=O)OC(COC(=O)CCCCCCCCCC)COC(=O)CCCCCCCCCCCCCCCCC/C=C\C/C=C\CCCCCCC. The van der Waals surface area contributed by atoms with Crippen LogP contribution in [0.15, 0.2) is 48.6 Å². The minimum Gasteiger partial charge on any atom is -0.462 e. The summed E-state index contributed by atoms with van der Waals surface area (Å²) in [7, 11) is 0. The molecular weight excluding hydrogens is 853 g/mol. The van der Waals surface area contributed by atoms with Gasteiger partial charge in [0.25, 0.3) is 0 Å². The van der Waals surface area contributed by atoms with Crippen molar-refractivity contribution in [3.05, 3.63) is 48.6 Å². The molecule has 0 radical (unpaired) electrons. The number of carbonyl (C=O) groups excluding carboxylic acids is 3. The van der Waals surface area contributed by atoms with Gasteiger partial charge < -0.3 is 14.2 Å². The van der Waals surface area contributed by atoms with Gasteiger partial charge in [-0.05, 0) is 83.5 Å². The van der Waals surface area contributed by atoms with Gasteiger partial charge in [0, 0.05) is 19.3 Å². The molecule has 0 aliphatic rings. The van der Waals surface area contributed by atoms with E-state index in [9.17, 15) is 14.4 Å². The van der Waals surface area contributed by atoms with E-state index >= 15 is 0 Å². The molecule has 0 saturated heterocycles. The molecule has 6 nitrogen and oxygen atoms in total. The average molecular weight is 968 g/mol. The molecule has 0 aromatic carbocycles. The van der Waals surface area contributed by atoms with Crippen molar-refractivity contribution in [1.29, 1.82) is 0 Å². The molecule has 6 heteroatoms. The van der Waals surface area contributed by atoms with E-state index in [0.717, 1.165) is 89.9 Å². The summed E-state index contributed by atoms with van der Waals surface area (Å²) in [4.78, 5) is 38.0. The molecule has 0 fully saturated rings. The molecule has 0 bridgehead atoms. The zero-order valence-electron chi connectivity index (χ0n) is 46.1. The van der Waals surface area contributed by atoms with Crippen LogP contribution < -0.4 is 0 Å². The van der Waals surface area contributed by atoms with Crippen molar-refractivity contribution in [2.45, 2.75) is 322 Å². The van der Waals surface area contributed by atoms with Gasteiger partial charge >= 0.3 is 17.9 Å². The van der Waals surface area contributed by atoms with E-state index in [1.165, 1.54) is 186 Å². The molecule has 402 valence electrons. The smallest absolute Gasteiger partial charge is 0.306 e. The van der Waals surface area contributed by atoms with Crippen LogP contribution in [-0.4, -0.2) is 37.2 Å². The van der Waals surface area contributed by atoms with Gasteiger partial charge in [-0.2, -0.15) is 0 Å². The summed E-state index contributed by atoms with van der Waals surface area (Å²) < 4.78 is 16.8. The lowest BCUT2D eigenvalue weighted by atomic mass is 10.0. The summed E-state index contributed by atoms with van der Waals surface area (Å²) in [6.07, 6.45) is 71.3. The van der Waals surface area contributed by atoms with Gasteiger partial charge in [0.1, 0.15) is 13.2 Å². The van der Waals surface area contributed by atoms with E-state index < -0.39 is 6.10 Å². The first kappa shape index (κ1) is 66.4. The predicted molar refractivity (Wildman–Crippen MR) is 298 cm³/mol. The van der Waals surface area contributed by atoms with Gasteiger partial charge in [0.15, 0.2) is 6.10 Å². The van der Waals surface area contributed by atoms with Crippen molar-refractivity contribution in [3.8, 4) is 0 Å². The predicted octanol–water partition coefficient (Wildman–Crippen LogP) is 20.2. The fraction of sp³-hybridized carbons (Fsp3) is 0.825. The number of rotatable bonds is 55. The van der Waals surface area contributed by atoms with Crippen molar-refractivity contribution < 1.29 is 28.6 Å². The molecule has 1 unspecified atom stereocenters. The molecule has 0 aromatic rings. The van der Waals surface area contributed by atoms with Gasteiger partial charge in [-0.1, -0.05) is 262 Å². The lowest BCUT2D eigenvalue weighted by Gasteiger charge is -2.18. The van der Waals surface area contributed by atoms with Gasteiger partial charge in [-0.3, -0.25) is 14.4 Å². The highest BCUT2D eigenvalue weighted by Crippen LogP contribution is 2.16. The molecule has 0 spiro atoms. The highest BCUT2D eigenvalue weighted by molar-refractivity contribution is 5.71. The van der Waals surface area contributed by atoms with E-state index in [2.05, 4.69) is 69.4 Å². The highest BCUT2D eigenvalue weighted by atomic mass is 16.6. The van der Waals surface area contributed by atoms with Gasteiger partial charge in [-0.15, -0.1) is 0 Å². The van der Waals surface area contributed by atoms with Gasteiger partial charge in [0.05, 0.1) is 0 Å². The standard InChI is InChI=1S/C63H114O6/c1-4-7-10-13-16-19-21-23-25-27-28-29-30-31-32-33-34-35-36-37-39-40-42-44-47-50-53-56-62(65)68-59-60(58-67-61(64)55-52-49-46-18-15-12-9-6-3)69-63(66)57-54-51-48-45-43-41-38-26-24-22-20-17-14-11-8-5-2/h20-23,26-28,38,60H,4-19,24-25,29-37,39-59H2,1-3H3/b22-20-,23-21-,28-27-,38-26-. The first-order chi connectivity index (χ1) is 34.0. The molecule has 0 N–H and O–H groups in total. The Morgan fingerprint density at radius 3 is 0.812 bits per heavy atom. The van der Waals surface area contributed by atoms with E-state index in [4.69, 9.17) is 14.2 Å². The summed E-state index contributed by atoms with van der Waals surface area (Å²) in [5, 5.41) is 0. The first-order valence-electron chi connectivity index (χ1n) is 30.1. The van der Waals surface area contributed by atoms with Crippen LogP contribution in [0.25, 0.3) is 0 Å². The summed E-state index contributed by atoms with van der Waals surface area (Å²) in [6.45, 7) is 6.60. The molecular formula is C63H114O6. The Kier molecular flexibility index (Phi) is 55.7. The molecule has 0 heterocycles. The Morgan fingerprint density at radius 1 is 0.290 bits per heavy atom.